The van der Waals surface area contributed by atoms with Crippen LogP contribution in [0.15, 0.2) is 34.6 Å². The second-order valence-electron chi connectivity index (χ2n) is 11.5. The summed E-state index contributed by atoms with van der Waals surface area (Å²) < 4.78 is 12.3. The van der Waals surface area contributed by atoms with Gasteiger partial charge in [-0.15, -0.1) is 0 Å². The molecule has 0 amide bonds. The summed E-state index contributed by atoms with van der Waals surface area (Å²) in [4.78, 5) is 14.0. The number of hydrogen-bond donors (Lipinski definition) is 2. The summed E-state index contributed by atoms with van der Waals surface area (Å²) >= 11 is 0. The lowest BCUT2D eigenvalue weighted by Gasteiger charge is -2.54. The quantitative estimate of drug-likeness (QED) is 0.485. The van der Waals surface area contributed by atoms with Gasteiger partial charge in [-0.2, -0.15) is 0 Å². The van der Waals surface area contributed by atoms with Crippen molar-refractivity contribution in [2.45, 2.75) is 96.7 Å². The number of hydrogen-bond acceptors (Lipinski definition) is 5. The first kappa shape index (κ1) is 24.4. The Morgan fingerprint density at radius 1 is 1.19 bits per heavy atom. The molecule has 3 rings (SSSR count). The van der Waals surface area contributed by atoms with Crippen LogP contribution < -0.4 is 0 Å². The molecule has 0 aromatic heterocycles. The van der Waals surface area contributed by atoms with E-state index < -0.39 is 31.4 Å². The van der Waals surface area contributed by atoms with Gasteiger partial charge in [0.25, 0.3) is 0 Å². The average Bonchev–Trinajstić information content (AvgIpc) is 2.66. The zero-order valence-corrected chi connectivity index (χ0v) is 21.6. The number of carbonyl (C=O) groups excluding carboxylic acids is 1. The van der Waals surface area contributed by atoms with Gasteiger partial charge in [0.05, 0.1) is 19.3 Å². The van der Waals surface area contributed by atoms with Crippen LogP contribution in [0.5, 0.6) is 0 Å². The number of methoxy groups -OCH3 is 1. The molecule has 0 radical (unpaired) electrons. The third-order valence-electron chi connectivity index (χ3n) is 8.45. The largest absolute Gasteiger partial charge is 0.500 e. The summed E-state index contributed by atoms with van der Waals surface area (Å²) in [5, 5.41) is 23.3. The number of aliphatic hydroxyl groups excluding tert-OH is 1. The molecule has 6 heteroatoms. The standard InChI is InChI=1S/C25H40O5Si/c1-15-17-13-18(26)16-11-10-12-19(29-7)21(16)22(27)25(28,24(17,5)6)14-20(15)30-31(8,9)23(2,3)4/h11-12,18,20-21,26,28H,10,13-14H2,1-9H3/t18-,20-,21+,25+/m0/s1. The van der Waals surface area contributed by atoms with Crippen molar-refractivity contribution >= 4 is 14.1 Å². The minimum absolute atomic E-state index is 0.00432. The van der Waals surface area contributed by atoms with E-state index in [9.17, 15) is 15.0 Å². The van der Waals surface area contributed by atoms with E-state index in [-0.39, 0.29) is 23.3 Å². The number of aliphatic hydroxyl groups is 2. The van der Waals surface area contributed by atoms with Crippen LogP contribution in [0, 0.1) is 11.3 Å². The molecule has 0 aromatic rings. The van der Waals surface area contributed by atoms with Crippen molar-refractivity contribution < 1.29 is 24.2 Å². The number of Topliss-reactive ketones (excluding diaryl/α,β-unsaturated/α-hetero) is 1. The van der Waals surface area contributed by atoms with E-state index in [0.717, 1.165) is 11.1 Å². The molecule has 3 aliphatic rings. The first-order valence-electron chi connectivity index (χ1n) is 11.3. The van der Waals surface area contributed by atoms with E-state index in [2.05, 4.69) is 33.9 Å². The highest BCUT2D eigenvalue weighted by atomic mass is 28.4. The predicted octanol–water partition coefficient (Wildman–Crippen LogP) is 4.66. The van der Waals surface area contributed by atoms with Gasteiger partial charge in [-0.25, -0.2) is 0 Å². The van der Waals surface area contributed by atoms with E-state index in [1.807, 2.05) is 32.9 Å². The van der Waals surface area contributed by atoms with Gasteiger partial charge in [-0.1, -0.05) is 46.3 Å². The summed E-state index contributed by atoms with van der Waals surface area (Å²) in [6.07, 6.45) is 3.83. The lowest BCUT2D eigenvalue weighted by molar-refractivity contribution is -0.159. The Hall–Kier alpha value is -1.21. The molecule has 31 heavy (non-hydrogen) atoms. The molecule has 0 aliphatic heterocycles. The Bertz CT molecular complexity index is 858. The molecule has 1 saturated carbocycles. The van der Waals surface area contributed by atoms with E-state index in [1.165, 1.54) is 0 Å². The minimum atomic E-state index is -2.15. The highest BCUT2D eigenvalue weighted by molar-refractivity contribution is 6.74. The summed E-state index contributed by atoms with van der Waals surface area (Å²) in [5.74, 6) is -0.544. The molecule has 0 heterocycles. The first-order chi connectivity index (χ1) is 14.1. The molecule has 2 N–H and O–H groups in total. The monoisotopic (exact) mass is 448 g/mol. The van der Waals surface area contributed by atoms with Crippen molar-refractivity contribution in [2.75, 3.05) is 7.11 Å². The smallest absolute Gasteiger partial charge is 0.192 e. The van der Waals surface area contributed by atoms with E-state index in [4.69, 9.17) is 9.16 Å². The van der Waals surface area contributed by atoms with E-state index >= 15 is 0 Å². The maximum atomic E-state index is 14.0. The van der Waals surface area contributed by atoms with Crippen LogP contribution in [-0.4, -0.2) is 49.2 Å². The van der Waals surface area contributed by atoms with Gasteiger partial charge < -0.3 is 19.4 Å². The highest BCUT2D eigenvalue weighted by Gasteiger charge is 2.61. The molecular weight excluding hydrogens is 408 g/mol. The zero-order chi connectivity index (χ0) is 23.6. The fourth-order valence-corrected chi connectivity index (χ4v) is 6.50. The van der Waals surface area contributed by atoms with Crippen molar-refractivity contribution in [1.29, 1.82) is 0 Å². The highest BCUT2D eigenvalue weighted by Crippen LogP contribution is 2.55. The van der Waals surface area contributed by atoms with Gasteiger partial charge in [0.1, 0.15) is 17.3 Å². The van der Waals surface area contributed by atoms with Crippen LogP contribution in [-0.2, 0) is 14.0 Å². The molecule has 0 saturated heterocycles. The van der Waals surface area contributed by atoms with Gasteiger partial charge in [0, 0.05) is 11.8 Å². The van der Waals surface area contributed by atoms with Crippen LogP contribution in [0.4, 0.5) is 0 Å². The van der Waals surface area contributed by atoms with Crippen LogP contribution in [0.2, 0.25) is 18.1 Å². The lowest BCUT2D eigenvalue weighted by Crippen LogP contribution is -2.62. The maximum absolute atomic E-state index is 14.0. The molecule has 0 unspecified atom stereocenters. The van der Waals surface area contributed by atoms with Crippen molar-refractivity contribution in [3.8, 4) is 0 Å². The molecule has 5 nitrogen and oxygen atoms in total. The number of carbonyl (C=O) groups is 1. The molecule has 4 atom stereocenters. The summed E-state index contributed by atoms with van der Waals surface area (Å²) in [6, 6.07) is 0. The van der Waals surface area contributed by atoms with Gasteiger partial charge in [0.2, 0.25) is 0 Å². The third-order valence-corrected chi connectivity index (χ3v) is 12.9. The van der Waals surface area contributed by atoms with E-state index in [1.54, 1.807) is 7.11 Å². The second-order valence-corrected chi connectivity index (χ2v) is 16.2. The molecule has 0 aromatic carbocycles. The van der Waals surface area contributed by atoms with Crippen molar-refractivity contribution in [3.05, 3.63) is 34.6 Å². The zero-order valence-electron chi connectivity index (χ0n) is 20.6. The summed E-state index contributed by atoms with van der Waals surface area (Å²) in [5.41, 5.74) is 0.188. The average molecular weight is 449 g/mol. The Kier molecular flexibility index (Phi) is 6.05. The molecule has 0 spiro atoms. The molecular formula is C25H40O5Si. The minimum Gasteiger partial charge on any atom is -0.500 e. The topological polar surface area (TPSA) is 76.0 Å². The number of allylic oxidation sites excluding steroid dienone is 3. The maximum Gasteiger partial charge on any atom is 0.192 e. The van der Waals surface area contributed by atoms with Crippen LogP contribution in [0.1, 0.15) is 60.8 Å². The Labute approximate surface area is 188 Å². The number of fused-ring (bicyclic) bond motifs is 3. The lowest BCUT2D eigenvalue weighted by atomic mass is 9.55. The van der Waals surface area contributed by atoms with Gasteiger partial charge in [-0.3, -0.25) is 4.79 Å². The molecule has 2 bridgehead atoms. The molecule has 3 aliphatic carbocycles. The number of ketones is 1. The van der Waals surface area contributed by atoms with Crippen molar-refractivity contribution in [1.82, 2.24) is 0 Å². The van der Waals surface area contributed by atoms with Gasteiger partial charge in [-0.05, 0) is 55.1 Å². The summed E-state index contributed by atoms with van der Waals surface area (Å²) in [6.45, 7) is 16.8. The molecule has 174 valence electrons. The number of ether oxygens (including phenoxy) is 1. The number of rotatable bonds is 3. The second kappa shape index (κ2) is 7.68. The van der Waals surface area contributed by atoms with Gasteiger partial charge >= 0.3 is 0 Å². The fourth-order valence-electron chi connectivity index (χ4n) is 5.17. The summed E-state index contributed by atoms with van der Waals surface area (Å²) in [7, 11) is -0.607. The van der Waals surface area contributed by atoms with Crippen molar-refractivity contribution in [3.63, 3.8) is 0 Å². The van der Waals surface area contributed by atoms with Gasteiger partial charge in [0.15, 0.2) is 14.1 Å². The van der Waals surface area contributed by atoms with Crippen LogP contribution >= 0.6 is 0 Å². The van der Waals surface area contributed by atoms with Crippen molar-refractivity contribution in [2.24, 2.45) is 11.3 Å². The Morgan fingerprint density at radius 2 is 1.81 bits per heavy atom. The SMILES string of the molecule is COC1=CCC=C2[C@H]1C(=O)[C@]1(O)C[C@H](O[Si](C)(C)C(C)(C)C)C(C)=C(C[C@@H]2O)C1(C)C. The Morgan fingerprint density at radius 3 is 2.35 bits per heavy atom. The predicted molar refractivity (Wildman–Crippen MR) is 125 cm³/mol. The fraction of sp³-hybridized carbons (Fsp3) is 0.720. The molecule has 1 fully saturated rings. The van der Waals surface area contributed by atoms with Crippen LogP contribution in [0.3, 0.4) is 0 Å². The van der Waals surface area contributed by atoms with Crippen LogP contribution in [0.25, 0.3) is 0 Å². The normalized spacial score (nSPS) is 33.8. The third kappa shape index (κ3) is 3.69. The van der Waals surface area contributed by atoms with E-state index in [0.29, 0.717) is 24.2 Å². The first-order valence-corrected chi connectivity index (χ1v) is 14.3. The Balaban J connectivity index is 2.17.